The molecule has 1 aliphatic heterocycles. The van der Waals surface area contributed by atoms with Crippen LogP contribution in [0.5, 0.6) is 0 Å². The van der Waals surface area contributed by atoms with Crippen molar-refractivity contribution in [2.24, 2.45) is 0 Å². The molecule has 4 heteroatoms. The maximum Gasteiger partial charge on any atom is 0.230 e. The zero-order valence-corrected chi connectivity index (χ0v) is 17.1. The van der Waals surface area contributed by atoms with Gasteiger partial charge in [-0.05, 0) is 49.5 Å². The highest BCUT2D eigenvalue weighted by Crippen LogP contribution is 2.15. The zero-order chi connectivity index (χ0) is 18.9. The minimum Gasteiger partial charge on any atom is -0.351 e. The lowest BCUT2D eigenvalue weighted by Gasteiger charge is -2.26. The summed E-state index contributed by atoms with van der Waals surface area (Å²) in [5.41, 5.74) is 5.07. The Labute approximate surface area is 167 Å². The Morgan fingerprint density at radius 1 is 1.00 bits per heavy atom. The number of hydrogen-bond acceptors (Lipinski definition) is 3. The highest BCUT2D eigenvalue weighted by Gasteiger charge is 2.10. The number of nitrogens with one attached hydrogen (secondary N) is 1. The monoisotopic (exact) mass is 382 g/mol. The molecular weight excluding hydrogens is 352 g/mol. The van der Waals surface area contributed by atoms with Crippen LogP contribution in [0, 0.1) is 6.92 Å². The molecule has 0 unspecified atom stereocenters. The van der Waals surface area contributed by atoms with Crippen LogP contribution in [0.2, 0.25) is 0 Å². The first-order valence-electron chi connectivity index (χ1n) is 9.89. The van der Waals surface area contributed by atoms with Crippen molar-refractivity contribution in [3.63, 3.8) is 0 Å². The minimum absolute atomic E-state index is 0.106. The van der Waals surface area contributed by atoms with Gasteiger partial charge in [-0.3, -0.25) is 9.69 Å². The van der Waals surface area contributed by atoms with Crippen molar-refractivity contribution in [3.05, 3.63) is 70.8 Å². The van der Waals surface area contributed by atoms with Crippen molar-refractivity contribution < 1.29 is 4.79 Å². The van der Waals surface area contributed by atoms with Crippen LogP contribution in [0.1, 0.15) is 41.5 Å². The van der Waals surface area contributed by atoms with E-state index in [-0.39, 0.29) is 5.91 Å². The first-order valence-corrected chi connectivity index (χ1v) is 11.0. The Kier molecular flexibility index (Phi) is 7.79. The van der Waals surface area contributed by atoms with E-state index in [1.165, 1.54) is 54.6 Å². The van der Waals surface area contributed by atoms with Gasteiger partial charge in [0, 0.05) is 18.8 Å². The van der Waals surface area contributed by atoms with Gasteiger partial charge in [0.15, 0.2) is 0 Å². The molecule has 0 bridgehead atoms. The second-order valence-corrected chi connectivity index (χ2v) is 8.40. The fraction of sp³-hybridized carbons (Fsp3) is 0.435. The molecule has 0 saturated carbocycles. The van der Waals surface area contributed by atoms with Gasteiger partial charge in [-0.1, -0.05) is 60.5 Å². The summed E-state index contributed by atoms with van der Waals surface area (Å²) in [7, 11) is 0. The molecule has 0 spiro atoms. The topological polar surface area (TPSA) is 32.3 Å². The Morgan fingerprint density at radius 2 is 1.74 bits per heavy atom. The maximum absolute atomic E-state index is 12.1. The molecule has 0 atom stereocenters. The van der Waals surface area contributed by atoms with Gasteiger partial charge in [-0.25, -0.2) is 0 Å². The van der Waals surface area contributed by atoms with Gasteiger partial charge in [-0.15, -0.1) is 11.8 Å². The van der Waals surface area contributed by atoms with Crippen LogP contribution in [0.15, 0.2) is 48.5 Å². The number of piperidine rings is 1. The average Bonchev–Trinajstić information content (AvgIpc) is 2.68. The summed E-state index contributed by atoms with van der Waals surface area (Å²) in [4.78, 5) is 14.7. The summed E-state index contributed by atoms with van der Waals surface area (Å²) in [5, 5.41) is 3.05. The van der Waals surface area contributed by atoms with E-state index in [0.717, 1.165) is 12.3 Å². The highest BCUT2D eigenvalue weighted by atomic mass is 32.2. The highest BCUT2D eigenvalue weighted by molar-refractivity contribution is 7.99. The van der Waals surface area contributed by atoms with Gasteiger partial charge in [0.2, 0.25) is 5.91 Å². The van der Waals surface area contributed by atoms with E-state index in [9.17, 15) is 4.79 Å². The van der Waals surface area contributed by atoms with E-state index in [0.29, 0.717) is 12.3 Å². The van der Waals surface area contributed by atoms with Gasteiger partial charge in [0.1, 0.15) is 0 Å². The molecule has 27 heavy (non-hydrogen) atoms. The van der Waals surface area contributed by atoms with Crippen LogP contribution in [-0.2, 0) is 23.6 Å². The summed E-state index contributed by atoms with van der Waals surface area (Å²) in [5.74, 6) is 1.48. The second-order valence-electron chi connectivity index (χ2n) is 7.42. The Morgan fingerprint density at radius 3 is 2.56 bits per heavy atom. The third kappa shape index (κ3) is 7.04. The second kappa shape index (κ2) is 10.5. The van der Waals surface area contributed by atoms with E-state index in [1.54, 1.807) is 11.8 Å². The molecule has 1 fully saturated rings. The molecule has 0 aromatic heterocycles. The number of rotatable bonds is 8. The standard InChI is InChI=1S/C23H30N2OS/c1-19-7-5-10-22(13-19)17-27-18-23(26)24-15-20-8-6-9-21(14-20)16-25-11-3-2-4-12-25/h5-10,13-14H,2-4,11-12,15-18H2,1H3,(H,24,26). The quantitative estimate of drug-likeness (QED) is 0.728. The predicted molar refractivity (Wildman–Crippen MR) is 115 cm³/mol. The number of aryl methyl sites for hydroxylation is 1. The van der Waals surface area contributed by atoms with Crippen LogP contribution in [0.4, 0.5) is 0 Å². The van der Waals surface area contributed by atoms with Crippen LogP contribution < -0.4 is 5.32 Å². The average molecular weight is 383 g/mol. The molecule has 0 radical (unpaired) electrons. The smallest absolute Gasteiger partial charge is 0.230 e. The van der Waals surface area contributed by atoms with Crippen molar-refractivity contribution >= 4 is 17.7 Å². The van der Waals surface area contributed by atoms with Crippen LogP contribution in [-0.4, -0.2) is 29.6 Å². The normalized spacial score (nSPS) is 14.9. The lowest BCUT2D eigenvalue weighted by molar-refractivity contribution is -0.118. The molecule has 3 nitrogen and oxygen atoms in total. The van der Waals surface area contributed by atoms with Crippen molar-refractivity contribution in [3.8, 4) is 0 Å². The van der Waals surface area contributed by atoms with Crippen LogP contribution >= 0.6 is 11.8 Å². The van der Waals surface area contributed by atoms with E-state index < -0.39 is 0 Å². The lowest BCUT2D eigenvalue weighted by Crippen LogP contribution is -2.29. The third-order valence-corrected chi connectivity index (χ3v) is 5.92. The molecule has 2 aromatic rings. The number of carbonyl (C=O) groups excluding carboxylic acids is 1. The molecule has 0 aliphatic carbocycles. The third-order valence-electron chi connectivity index (χ3n) is 4.92. The van der Waals surface area contributed by atoms with Crippen molar-refractivity contribution in [2.75, 3.05) is 18.8 Å². The summed E-state index contributed by atoms with van der Waals surface area (Å²) < 4.78 is 0. The molecule has 1 aliphatic rings. The summed E-state index contributed by atoms with van der Waals surface area (Å²) in [6.07, 6.45) is 4.00. The molecule has 1 saturated heterocycles. The molecule has 1 heterocycles. The van der Waals surface area contributed by atoms with Gasteiger partial charge >= 0.3 is 0 Å². The largest absolute Gasteiger partial charge is 0.351 e. The number of nitrogens with zero attached hydrogens (tertiary/aromatic N) is 1. The molecule has 1 amide bonds. The Balaban J connectivity index is 1.39. The molecule has 1 N–H and O–H groups in total. The molecule has 144 valence electrons. The minimum atomic E-state index is 0.106. The van der Waals surface area contributed by atoms with E-state index in [4.69, 9.17) is 0 Å². The van der Waals surface area contributed by atoms with E-state index in [2.05, 4.69) is 65.7 Å². The molecular formula is C23H30N2OS. The Bertz CT molecular complexity index is 741. The van der Waals surface area contributed by atoms with Crippen molar-refractivity contribution in [1.82, 2.24) is 10.2 Å². The fourth-order valence-corrected chi connectivity index (χ4v) is 4.33. The summed E-state index contributed by atoms with van der Waals surface area (Å²) >= 11 is 1.67. The maximum atomic E-state index is 12.1. The number of carbonyl (C=O) groups is 1. The van der Waals surface area contributed by atoms with Gasteiger partial charge in [-0.2, -0.15) is 0 Å². The lowest BCUT2D eigenvalue weighted by atomic mass is 10.1. The van der Waals surface area contributed by atoms with Crippen molar-refractivity contribution in [2.45, 2.75) is 45.0 Å². The van der Waals surface area contributed by atoms with Crippen LogP contribution in [0.25, 0.3) is 0 Å². The van der Waals surface area contributed by atoms with Gasteiger partial charge < -0.3 is 5.32 Å². The molecule has 3 rings (SSSR count). The SMILES string of the molecule is Cc1cccc(CSCC(=O)NCc2cccc(CN3CCCCC3)c2)c1. The zero-order valence-electron chi connectivity index (χ0n) is 16.2. The Hall–Kier alpha value is -1.78. The van der Waals surface area contributed by atoms with E-state index >= 15 is 0 Å². The van der Waals surface area contributed by atoms with E-state index in [1.807, 2.05) is 0 Å². The molecule has 2 aromatic carbocycles. The van der Waals surface area contributed by atoms with Gasteiger partial charge in [0.05, 0.1) is 5.75 Å². The number of thioether (sulfide) groups is 1. The summed E-state index contributed by atoms with van der Waals surface area (Å²) in [6, 6.07) is 17.1. The number of amides is 1. The predicted octanol–water partition coefficient (Wildman–Crippen LogP) is 4.53. The number of hydrogen-bond donors (Lipinski definition) is 1. The fourth-order valence-electron chi connectivity index (χ4n) is 3.53. The first kappa shape index (κ1) is 20.0. The number of benzene rings is 2. The van der Waals surface area contributed by atoms with Crippen molar-refractivity contribution in [1.29, 1.82) is 0 Å². The first-order chi connectivity index (χ1) is 13.2. The van der Waals surface area contributed by atoms with Crippen LogP contribution in [0.3, 0.4) is 0 Å². The number of likely N-dealkylation sites (tertiary alicyclic amines) is 1. The van der Waals surface area contributed by atoms with Gasteiger partial charge in [0.25, 0.3) is 0 Å². The summed E-state index contributed by atoms with van der Waals surface area (Å²) in [6.45, 7) is 6.14.